The van der Waals surface area contributed by atoms with Crippen molar-refractivity contribution in [2.75, 3.05) is 0 Å². The summed E-state index contributed by atoms with van der Waals surface area (Å²) in [6.45, 7) is 0.685. The van der Waals surface area contributed by atoms with Crippen LogP contribution >= 0.6 is 0 Å². The van der Waals surface area contributed by atoms with Crippen LogP contribution in [0.2, 0.25) is 0 Å². The van der Waals surface area contributed by atoms with E-state index >= 15 is 0 Å². The summed E-state index contributed by atoms with van der Waals surface area (Å²) in [6, 6.07) is 13.4. The van der Waals surface area contributed by atoms with Crippen molar-refractivity contribution in [3.63, 3.8) is 0 Å². The Morgan fingerprint density at radius 1 is 0.862 bits per heavy atom. The van der Waals surface area contributed by atoms with Crippen LogP contribution in [0.1, 0.15) is 52.2 Å². The Kier molecular flexibility index (Phi) is 5.37. The van der Waals surface area contributed by atoms with Gasteiger partial charge in [-0.25, -0.2) is 4.98 Å². The third-order valence-corrected chi connectivity index (χ3v) is 5.15. The van der Waals surface area contributed by atoms with Crippen LogP contribution in [0, 0.1) is 0 Å². The molecule has 4 rings (SSSR count). The van der Waals surface area contributed by atoms with Crippen LogP contribution in [0.5, 0.6) is 0 Å². The van der Waals surface area contributed by atoms with E-state index in [0.717, 1.165) is 37.9 Å². The number of hydrazine groups is 1. The average Bonchev–Trinajstić information content (AvgIpc) is 2.73. The average molecular weight is 390 g/mol. The Labute approximate surface area is 167 Å². The van der Waals surface area contributed by atoms with E-state index in [1.807, 2.05) is 6.07 Å². The summed E-state index contributed by atoms with van der Waals surface area (Å²) in [5.41, 5.74) is 6.02. The Bertz CT molecular complexity index is 1120. The number of benzene rings is 2. The van der Waals surface area contributed by atoms with Crippen molar-refractivity contribution in [3.05, 3.63) is 75.8 Å². The first-order valence-corrected chi connectivity index (χ1v) is 9.83. The molecule has 2 aromatic carbocycles. The molecule has 7 heteroatoms. The van der Waals surface area contributed by atoms with Crippen molar-refractivity contribution in [1.29, 1.82) is 0 Å². The number of carbonyl (C=O) groups excluding carboxylic acids is 2. The fourth-order valence-corrected chi connectivity index (χ4v) is 3.58. The van der Waals surface area contributed by atoms with Crippen molar-refractivity contribution >= 4 is 22.7 Å². The van der Waals surface area contributed by atoms with Gasteiger partial charge in [-0.2, -0.15) is 0 Å². The van der Waals surface area contributed by atoms with Crippen LogP contribution in [-0.2, 0) is 13.0 Å². The number of nitrogens with zero attached hydrogens (tertiary/aromatic N) is 2. The van der Waals surface area contributed by atoms with Crippen molar-refractivity contribution in [2.45, 2.75) is 38.6 Å². The molecule has 1 aromatic heterocycles. The number of aryl methyl sites for hydroxylation is 1. The van der Waals surface area contributed by atoms with Gasteiger partial charge in [-0.1, -0.05) is 31.0 Å². The van der Waals surface area contributed by atoms with Gasteiger partial charge in [-0.3, -0.25) is 29.8 Å². The lowest BCUT2D eigenvalue weighted by atomic mass is 10.1. The molecule has 0 saturated heterocycles. The molecule has 0 unspecified atom stereocenters. The van der Waals surface area contributed by atoms with Gasteiger partial charge < -0.3 is 0 Å². The molecular formula is C22H22N4O3. The van der Waals surface area contributed by atoms with Gasteiger partial charge in [0.05, 0.1) is 10.9 Å². The highest BCUT2D eigenvalue weighted by Crippen LogP contribution is 2.16. The monoisotopic (exact) mass is 390 g/mol. The fourth-order valence-electron chi connectivity index (χ4n) is 3.58. The van der Waals surface area contributed by atoms with E-state index in [-0.39, 0.29) is 5.56 Å². The Morgan fingerprint density at radius 2 is 1.59 bits per heavy atom. The summed E-state index contributed by atoms with van der Waals surface area (Å²) in [6.07, 6.45) is 5.00. The predicted molar refractivity (Wildman–Crippen MR) is 110 cm³/mol. The number of hydrogen-bond donors (Lipinski definition) is 2. The second-order valence-electron chi connectivity index (χ2n) is 7.16. The maximum absolute atomic E-state index is 12.9. The zero-order valence-corrected chi connectivity index (χ0v) is 16.0. The Hall–Kier alpha value is -3.48. The van der Waals surface area contributed by atoms with Gasteiger partial charge in [0.1, 0.15) is 5.82 Å². The van der Waals surface area contributed by atoms with Crippen molar-refractivity contribution < 1.29 is 9.59 Å². The molecule has 0 saturated carbocycles. The zero-order chi connectivity index (χ0) is 20.2. The van der Waals surface area contributed by atoms with E-state index in [4.69, 9.17) is 0 Å². The predicted octanol–water partition coefficient (Wildman–Crippen LogP) is 2.59. The largest absolute Gasteiger partial charge is 0.296 e. The van der Waals surface area contributed by atoms with E-state index in [1.165, 1.54) is 0 Å². The van der Waals surface area contributed by atoms with Gasteiger partial charge in [-0.05, 0) is 43.2 Å². The quantitative estimate of drug-likeness (QED) is 0.658. The summed E-state index contributed by atoms with van der Waals surface area (Å²) < 4.78 is 1.77. The molecule has 0 fully saturated rings. The number of rotatable bonds is 2. The number of carbonyl (C=O) groups is 2. The first kappa shape index (κ1) is 18.9. The maximum atomic E-state index is 12.9. The smallest absolute Gasteiger partial charge is 0.269 e. The lowest BCUT2D eigenvalue weighted by molar-refractivity contribution is 0.0847. The summed E-state index contributed by atoms with van der Waals surface area (Å²) in [5.74, 6) is -0.0977. The van der Waals surface area contributed by atoms with E-state index in [0.29, 0.717) is 28.6 Å². The zero-order valence-electron chi connectivity index (χ0n) is 16.0. The highest BCUT2D eigenvalue weighted by atomic mass is 16.2. The molecule has 0 spiro atoms. The molecule has 148 valence electrons. The summed E-state index contributed by atoms with van der Waals surface area (Å²) in [7, 11) is 0. The van der Waals surface area contributed by atoms with Gasteiger partial charge in [-0.15, -0.1) is 0 Å². The lowest BCUT2D eigenvalue weighted by Gasteiger charge is -2.16. The topological polar surface area (TPSA) is 93.1 Å². The van der Waals surface area contributed by atoms with Gasteiger partial charge in [0.25, 0.3) is 17.4 Å². The third-order valence-electron chi connectivity index (χ3n) is 5.15. The van der Waals surface area contributed by atoms with Crippen LogP contribution in [0.4, 0.5) is 0 Å². The minimum Gasteiger partial charge on any atom is -0.296 e. The number of hydrogen-bond acceptors (Lipinski definition) is 4. The van der Waals surface area contributed by atoms with Crippen molar-refractivity contribution in [3.8, 4) is 0 Å². The van der Waals surface area contributed by atoms with E-state index in [1.54, 1.807) is 47.0 Å². The molecule has 3 aromatic rings. The van der Waals surface area contributed by atoms with Crippen molar-refractivity contribution in [2.24, 2.45) is 0 Å². The molecule has 2 heterocycles. The molecule has 7 nitrogen and oxygen atoms in total. The second-order valence-corrected chi connectivity index (χ2v) is 7.16. The molecule has 1 aliphatic heterocycles. The van der Waals surface area contributed by atoms with E-state index < -0.39 is 11.8 Å². The number of amides is 2. The molecule has 29 heavy (non-hydrogen) atoms. The molecule has 2 N–H and O–H groups in total. The van der Waals surface area contributed by atoms with Crippen LogP contribution in [-0.4, -0.2) is 21.4 Å². The number of aromatic nitrogens is 2. The standard InChI is InChI=1S/C22H22N4O3/c27-20(15-8-4-3-5-9-15)24-25-21(28)16-11-12-17-18(14-16)23-19-10-6-1-2-7-13-26(19)22(17)29/h3-5,8-9,11-12,14H,1-2,6-7,10,13H2,(H,24,27)(H,25,28). The van der Waals surface area contributed by atoms with Crippen LogP contribution in [0.25, 0.3) is 10.9 Å². The van der Waals surface area contributed by atoms with Gasteiger partial charge >= 0.3 is 0 Å². The summed E-state index contributed by atoms with van der Waals surface area (Å²) in [5, 5.41) is 0.499. The highest BCUT2D eigenvalue weighted by Gasteiger charge is 2.15. The van der Waals surface area contributed by atoms with E-state index in [9.17, 15) is 14.4 Å². The molecule has 1 aliphatic rings. The van der Waals surface area contributed by atoms with Crippen LogP contribution < -0.4 is 16.4 Å². The fraction of sp³-hybridized carbons (Fsp3) is 0.273. The first-order chi connectivity index (χ1) is 14.1. The number of fused-ring (bicyclic) bond motifs is 2. The van der Waals surface area contributed by atoms with Gasteiger partial charge in [0.2, 0.25) is 0 Å². The molecule has 0 bridgehead atoms. The molecule has 2 amide bonds. The normalized spacial score (nSPS) is 13.8. The number of nitrogens with one attached hydrogen (secondary N) is 2. The van der Waals surface area contributed by atoms with Gasteiger partial charge in [0, 0.05) is 24.1 Å². The minimum absolute atomic E-state index is 0.0590. The summed E-state index contributed by atoms with van der Waals surface area (Å²) >= 11 is 0. The second kappa shape index (κ2) is 8.26. The Morgan fingerprint density at radius 3 is 2.38 bits per heavy atom. The molecule has 0 aliphatic carbocycles. The van der Waals surface area contributed by atoms with Crippen molar-refractivity contribution in [1.82, 2.24) is 20.4 Å². The molecular weight excluding hydrogens is 368 g/mol. The van der Waals surface area contributed by atoms with Crippen LogP contribution in [0.3, 0.4) is 0 Å². The van der Waals surface area contributed by atoms with Crippen LogP contribution in [0.15, 0.2) is 53.3 Å². The van der Waals surface area contributed by atoms with E-state index in [2.05, 4.69) is 15.8 Å². The minimum atomic E-state index is -0.468. The maximum Gasteiger partial charge on any atom is 0.269 e. The summed E-state index contributed by atoms with van der Waals surface area (Å²) in [4.78, 5) is 42.1. The molecule has 0 radical (unpaired) electrons. The molecule has 0 atom stereocenters. The highest BCUT2D eigenvalue weighted by molar-refractivity contribution is 6.00. The van der Waals surface area contributed by atoms with Gasteiger partial charge in [0.15, 0.2) is 0 Å². The first-order valence-electron chi connectivity index (χ1n) is 9.83. The third kappa shape index (κ3) is 4.03. The Balaban J connectivity index is 1.56. The lowest BCUT2D eigenvalue weighted by Crippen LogP contribution is -2.41. The SMILES string of the molecule is O=C(NNC(=O)c1ccc2c(=O)n3c(nc2c1)CCCCCC3)c1ccccc1.